The first-order chi connectivity index (χ1) is 20.4. The second-order valence-corrected chi connectivity index (χ2v) is 10.7. The molecule has 1 aromatic carbocycles. The normalized spacial score (nSPS) is 16.0. The van der Waals surface area contributed by atoms with Gasteiger partial charge in [-0.1, -0.05) is 0 Å². The van der Waals surface area contributed by atoms with Crippen LogP contribution in [0.25, 0.3) is 28.4 Å². The number of nitrogen functional groups attached to an aromatic ring is 1. The van der Waals surface area contributed by atoms with Crippen LogP contribution in [0.5, 0.6) is 5.75 Å². The lowest BCUT2D eigenvalue weighted by molar-refractivity contribution is 0.144. The molecule has 12 nitrogen and oxygen atoms in total. The van der Waals surface area contributed by atoms with Crippen LogP contribution in [-0.4, -0.2) is 62.1 Å². The Morgan fingerprint density at radius 3 is 2.81 bits per heavy atom. The smallest absolute Gasteiger partial charge is 0.330 e. The molecule has 1 atom stereocenters. The van der Waals surface area contributed by atoms with Crippen molar-refractivity contribution in [3.05, 3.63) is 52.9 Å². The molecule has 0 saturated carbocycles. The number of benzene rings is 1. The second kappa shape index (κ2) is 11.8. The first kappa shape index (κ1) is 27.8. The van der Waals surface area contributed by atoms with E-state index in [9.17, 15) is 9.18 Å². The Morgan fingerprint density at radius 2 is 2.02 bits per heavy atom. The van der Waals surface area contributed by atoms with Gasteiger partial charge in [-0.2, -0.15) is 9.50 Å². The van der Waals surface area contributed by atoms with Crippen LogP contribution in [0.15, 0.2) is 45.8 Å². The van der Waals surface area contributed by atoms with Gasteiger partial charge in [0.1, 0.15) is 12.1 Å². The van der Waals surface area contributed by atoms with E-state index in [4.69, 9.17) is 19.6 Å². The molecule has 1 unspecified atom stereocenters. The van der Waals surface area contributed by atoms with Crippen molar-refractivity contribution in [2.45, 2.75) is 38.6 Å². The van der Waals surface area contributed by atoms with E-state index in [-0.39, 0.29) is 23.2 Å². The standard InChI is InChI=1S/C29H35FN8O4/c1-35-24-26(33-28(31)38-27(24)32-25(34-38)23-8-5-15-41-23)37(29(35)39)13-4-7-19-6-3-12-36(14-11-19)20-9-10-22(21(30)18-20)42-17-16-40-2/h5,8-10,15,18-19H,3-4,6-7,11-14,16-17H2,1-2H3,(H2,31,33). The number of hydrogen-bond donors (Lipinski definition) is 1. The fraction of sp³-hybridized carbons (Fsp3) is 0.448. The summed E-state index contributed by atoms with van der Waals surface area (Å²) in [6, 6.07) is 8.69. The minimum atomic E-state index is -0.361. The Balaban J connectivity index is 1.12. The van der Waals surface area contributed by atoms with Gasteiger partial charge in [-0.25, -0.2) is 14.2 Å². The number of fused-ring (bicyclic) bond motifs is 3. The molecule has 1 fully saturated rings. The molecule has 1 saturated heterocycles. The van der Waals surface area contributed by atoms with Crippen molar-refractivity contribution in [1.82, 2.24) is 28.7 Å². The molecule has 1 aliphatic rings. The number of ether oxygens (including phenoxy) is 2. The van der Waals surface area contributed by atoms with Gasteiger partial charge in [0, 0.05) is 45.5 Å². The second-order valence-electron chi connectivity index (χ2n) is 10.7. The average Bonchev–Trinajstić information content (AvgIpc) is 3.67. The van der Waals surface area contributed by atoms with E-state index in [1.54, 1.807) is 53.8 Å². The predicted molar refractivity (Wildman–Crippen MR) is 156 cm³/mol. The quantitative estimate of drug-likeness (QED) is 0.245. The van der Waals surface area contributed by atoms with Gasteiger partial charge in [0.15, 0.2) is 28.6 Å². The summed E-state index contributed by atoms with van der Waals surface area (Å²) in [5.74, 6) is 1.42. The summed E-state index contributed by atoms with van der Waals surface area (Å²) in [6.45, 7) is 2.97. The first-order valence-electron chi connectivity index (χ1n) is 14.3. The highest BCUT2D eigenvalue weighted by atomic mass is 19.1. The van der Waals surface area contributed by atoms with Gasteiger partial charge in [-0.3, -0.25) is 9.13 Å². The molecule has 0 radical (unpaired) electrons. The number of nitrogens with two attached hydrogens (primary N) is 1. The molecule has 5 heterocycles. The molecule has 0 spiro atoms. The molecule has 5 aromatic rings. The minimum Gasteiger partial charge on any atom is -0.488 e. The van der Waals surface area contributed by atoms with Gasteiger partial charge in [0.25, 0.3) is 0 Å². The van der Waals surface area contributed by atoms with E-state index in [2.05, 4.69) is 20.0 Å². The largest absolute Gasteiger partial charge is 0.488 e. The van der Waals surface area contributed by atoms with Crippen molar-refractivity contribution in [2.24, 2.45) is 13.0 Å². The Hall–Kier alpha value is -4.39. The van der Waals surface area contributed by atoms with Gasteiger partial charge in [0.05, 0.1) is 12.9 Å². The number of nitrogens with zero attached hydrogens (tertiary/aromatic N) is 7. The summed E-state index contributed by atoms with van der Waals surface area (Å²) < 4.78 is 35.1. The maximum atomic E-state index is 14.6. The van der Waals surface area contributed by atoms with Crippen molar-refractivity contribution >= 4 is 28.4 Å². The number of halogens is 1. The van der Waals surface area contributed by atoms with Crippen LogP contribution in [0.1, 0.15) is 32.1 Å². The molecular formula is C29H35FN8O4. The zero-order chi connectivity index (χ0) is 29.2. The van der Waals surface area contributed by atoms with E-state index >= 15 is 0 Å². The zero-order valence-electron chi connectivity index (χ0n) is 23.8. The van der Waals surface area contributed by atoms with Crippen LogP contribution in [0.3, 0.4) is 0 Å². The third-order valence-corrected chi connectivity index (χ3v) is 7.99. The monoisotopic (exact) mass is 578 g/mol. The van der Waals surface area contributed by atoms with E-state index in [1.807, 2.05) is 6.07 Å². The summed E-state index contributed by atoms with van der Waals surface area (Å²) in [5, 5.41) is 4.43. The fourth-order valence-electron chi connectivity index (χ4n) is 5.79. The molecule has 0 amide bonds. The number of imidazole rings is 1. The third kappa shape index (κ3) is 5.31. The number of aryl methyl sites for hydroxylation is 2. The number of hydrogen-bond acceptors (Lipinski definition) is 9. The average molecular weight is 579 g/mol. The van der Waals surface area contributed by atoms with Crippen molar-refractivity contribution in [1.29, 1.82) is 0 Å². The highest BCUT2D eigenvalue weighted by Crippen LogP contribution is 2.29. The highest BCUT2D eigenvalue weighted by Gasteiger charge is 2.23. The lowest BCUT2D eigenvalue weighted by Crippen LogP contribution is -2.24. The molecule has 6 rings (SSSR count). The maximum absolute atomic E-state index is 14.6. The summed E-state index contributed by atoms with van der Waals surface area (Å²) >= 11 is 0. The number of methoxy groups -OCH3 is 1. The molecule has 0 bridgehead atoms. The Kier molecular flexibility index (Phi) is 7.83. The predicted octanol–water partition coefficient (Wildman–Crippen LogP) is 3.87. The molecule has 222 valence electrons. The van der Waals surface area contributed by atoms with Crippen LogP contribution in [-0.2, 0) is 18.3 Å². The lowest BCUT2D eigenvalue weighted by atomic mass is 9.95. The van der Waals surface area contributed by atoms with Crippen molar-refractivity contribution in [3.8, 4) is 17.3 Å². The van der Waals surface area contributed by atoms with Gasteiger partial charge < -0.3 is 24.5 Å². The van der Waals surface area contributed by atoms with E-state index in [0.29, 0.717) is 54.1 Å². The summed E-state index contributed by atoms with van der Waals surface area (Å²) in [7, 11) is 3.29. The van der Waals surface area contributed by atoms with Gasteiger partial charge >= 0.3 is 5.69 Å². The Labute approximate surface area is 241 Å². The maximum Gasteiger partial charge on any atom is 0.330 e. The minimum absolute atomic E-state index is 0.150. The van der Waals surface area contributed by atoms with Crippen molar-refractivity contribution < 1.29 is 18.3 Å². The topological polar surface area (TPSA) is 131 Å². The van der Waals surface area contributed by atoms with E-state index in [0.717, 1.165) is 50.9 Å². The molecule has 1 aliphatic heterocycles. The molecular weight excluding hydrogens is 543 g/mol. The van der Waals surface area contributed by atoms with Gasteiger partial charge in [-0.05, 0) is 62.3 Å². The van der Waals surface area contributed by atoms with Crippen LogP contribution in [0.4, 0.5) is 16.0 Å². The van der Waals surface area contributed by atoms with Crippen molar-refractivity contribution in [2.75, 3.05) is 44.0 Å². The van der Waals surface area contributed by atoms with Crippen molar-refractivity contribution in [3.63, 3.8) is 0 Å². The Bertz CT molecular complexity index is 1740. The number of rotatable bonds is 10. The molecule has 42 heavy (non-hydrogen) atoms. The number of furan rings is 1. The Morgan fingerprint density at radius 1 is 1.14 bits per heavy atom. The summed E-state index contributed by atoms with van der Waals surface area (Å²) in [4.78, 5) is 24.6. The van der Waals surface area contributed by atoms with Crippen LogP contribution in [0, 0.1) is 11.7 Å². The van der Waals surface area contributed by atoms with Gasteiger partial charge in [0.2, 0.25) is 11.8 Å². The van der Waals surface area contributed by atoms with Gasteiger partial charge in [-0.15, -0.1) is 5.10 Å². The van der Waals surface area contributed by atoms with E-state index in [1.165, 1.54) is 4.52 Å². The number of aromatic nitrogens is 6. The molecule has 13 heteroatoms. The van der Waals surface area contributed by atoms with Crippen LogP contribution >= 0.6 is 0 Å². The third-order valence-electron chi connectivity index (χ3n) is 7.99. The SMILES string of the molecule is COCCOc1ccc(N2CCCC(CCCn3c(=O)n(C)c4c3nc(N)n3nc(-c5ccco5)nc43)CC2)cc1F. The highest BCUT2D eigenvalue weighted by molar-refractivity contribution is 5.88. The molecule has 0 aliphatic carbocycles. The summed E-state index contributed by atoms with van der Waals surface area (Å²) in [6.07, 6.45) is 6.45. The zero-order valence-corrected chi connectivity index (χ0v) is 23.8. The molecule has 4 aromatic heterocycles. The van der Waals surface area contributed by atoms with Crippen LogP contribution < -0.4 is 21.1 Å². The van der Waals surface area contributed by atoms with E-state index < -0.39 is 0 Å². The fourth-order valence-corrected chi connectivity index (χ4v) is 5.79. The lowest BCUT2D eigenvalue weighted by Gasteiger charge is -2.23. The summed E-state index contributed by atoms with van der Waals surface area (Å²) in [5.41, 5.74) is 8.47. The number of anilines is 2. The van der Waals surface area contributed by atoms with Crippen LogP contribution in [0.2, 0.25) is 0 Å². The first-order valence-corrected chi connectivity index (χ1v) is 14.3. The molecule has 2 N–H and O–H groups in total.